The SMILES string of the molecule is CC12CCC(CC1=NN=C1SC(=Cc3ccc(-c4ccccc4[N+](=O)[O-])o3)C(=O)N1c1ccc(O)cc1)C2(C)C. The van der Waals surface area contributed by atoms with Crippen LogP contribution >= 0.6 is 11.8 Å². The van der Waals surface area contributed by atoms with E-state index in [1.54, 1.807) is 48.5 Å². The van der Waals surface area contributed by atoms with Crippen molar-refractivity contribution in [2.45, 2.75) is 40.0 Å². The standard InChI is InChI=1S/C30H28N4O5S/c1-29(2)18-14-15-30(29,3)26(16-18)31-32-28-33(19-8-10-20(35)11-9-19)27(36)25(40-28)17-21-12-13-24(39-21)22-6-4-5-7-23(22)34(37)38/h4-13,17-18,35H,14-16H2,1-3H3. The molecule has 10 heteroatoms. The number of amides is 1. The smallest absolute Gasteiger partial charge is 0.280 e. The van der Waals surface area contributed by atoms with Crippen molar-refractivity contribution >= 4 is 46.0 Å². The third-order valence-electron chi connectivity index (χ3n) is 8.95. The minimum atomic E-state index is -0.455. The summed E-state index contributed by atoms with van der Waals surface area (Å²) in [4.78, 5) is 26.5. The molecule has 3 aromatic rings. The number of phenolic OH excluding ortho intramolecular Hbond substituents is 1. The average Bonchev–Trinajstić information content (AvgIpc) is 3.62. The molecule has 1 amide bonds. The lowest BCUT2D eigenvalue weighted by Gasteiger charge is -2.34. The molecule has 2 unspecified atom stereocenters. The monoisotopic (exact) mass is 556 g/mol. The molecular formula is C30H28N4O5S. The quantitative estimate of drug-likeness (QED) is 0.201. The van der Waals surface area contributed by atoms with Crippen molar-refractivity contribution in [3.05, 3.63) is 81.4 Å². The molecule has 2 aromatic carbocycles. The van der Waals surface area contributed by atoms with E-state index in [1.165, 1.54) is 41.3 Å². The van der Waals surface area contributed by atoms with Crippen LogP contribution in [0.3, 0.4) is 0 Å². The van der Waals surface area contributed by atoms with Gasteiger partial charge in [0.2, 0.25) is 5.17 Å². The molecule has 1 N–H and O–H groups in total. The molecule has 2 saturated carbocycles. The maximum Gasteiger partial charge on any atom is 0.280 e. The summed E-state index contributed by atoms with van der Waals surface area (Å²) in [6.07, 6.45) is 4.78. The van der Waals surface area contributed by atoms with Crippen molar-refractivity contribution in [2.75, 3.05) is 4.90 Å². The molecule has 0 spiro atoms. The Morgan fingerprint density at radius 1 is 1.10 bits per heavy atom. The first-order valence-electron chi connectivity index (χ1n) is 13.1. The number of benzene rings is 2. The van der Waals surface area contributed by atoms with E-state index >= 15 is 0 Å². The Balaban J connectivity index is 1.36. The van der Waals surface area contributed by atoms with E-state index in [-0.39, 0.29) is 28.2 Å². The number of anilines is 1. The summed E-state index contributed by atoms with van der Waals surface area (Å²) in [6, 6.07) is 16.0. The molecule has 2 heterocycles. The summed E-state index contributed by atoms with van der Waals surface area (Å²) < 4.78 is 5.91. The molecule has 1 aromatic heterocycles. The normalized spacial score (nSPS) is 26.5. The van der Waals surface area contributed by atoms with Crippen molar-refractivity contribution < 1.29 is 19.2 Å². The van der Waals surface area contributed by atoms with Gasteiger partial charge in [0, 0.05) is 23.3 Å². The lowest BCUT2D eigenvalue weighted by Crippen LogP contribution is -2.32. The zero-order chi connectivity index (χ0) is 28.2. The van der Waals surface area contributed by atoms with Gasteiger partial charge in [-0.05, 0) is 84.8 Å². The van der Waals surface area contributed by atoms with Gasteiger partial charge in [0.15, 0.2) is 0 Å². The van der Waals surface area contributed by atoms with Gasteiger partial charge >= 0.3 is 0 Å². The first-order chi connectivity index (χ1) is 19.1. The van der Waals surface area contributed by atoms with Gasteiger partial charge < -0.3 is 9.52 Å². The van der Waals surface area contributed by atoms with E-state index in [4.69, 9.17) is 9.52 Å². The number of nitrogens with zero attached hydrogens (tertiary/aromatic N) is 4. The van der Waals surface area contributed by atoms with Crippen molar-refractivity contribution in [1.29, 1.82) is 0 Å². The number of hydrogen-bond donors (Lipinski definition) is 1. The average molecular weight is 557 g/mol. The van der Waals surface area contributed by atoms with Crippen molar-refractivity contribution in [1.82, 2.24) is 0 Å². The lowest BCUT2D eigenvalue weighted by atomic mass is 9.70. The topological polar surface area (TPSA) is 122 Å². The third-order valence-corrected chi connectivity index (χ3v) is 9.91. The van der Waals surface area contributed by atoms with Crippen LogP contribution in [0.4, 0.5) is 11.4 Å². The van der Waals surface area contributed by atoms with Gasteiger partial charge in [-0.3, -0.25) is 19.8 Å². The number of nitro groups is 1. The Kier molecular flexibility index (Phi) is 6.18. The molecule has 2 aliphatic carbocycles. The summed E-state index contributed by atoms with van der Waals surface area (Å²) in [5, 5.41) is 31.0. The highest BCUT2D eigenvalue weighted by atomic mass is 32.2. The van der Waals surface area contributed by atoms with Crippen LogP contribution < -0.4 is 4.90 Å². The molecule has 204 valence electrons. The summed E-state index contributed by atoms with van der Waals surface area (Å²) in [6.45, 7) is 6.87. The van der Waals surface area contributed by atoms with Crippen molar-refractivity contribution in [3.8, 4) is 17.1 Å². The fourth-order valence-electron chi connectivity index (χ4n) is 6.10. The molecule has 40 heavy (non-hydrogen) atoms. The molecule has 2 bridgehead atoms. The Morgan fingerprint density at radius 3 is 2.52 bits per heavy atom. The number of carbonyl (C=O) groups is 1. The molecule has 1 saturated heterocycles. The minimum absolute atomic E-state index is 0.0261. The Hall–Kier alpha value is -4.18. The summed E-state index contributed by atoms with van der Waals surface area (Å²) in [5.74, 6) is 1.07. The first kappa shape index (κ1) is 26.1. The number of nitro benzene ring substituents is 1. The van der Waals surface area contributed by atoms with Gasteiger partial charge in [-0.25, -0.2) is 0 Å². The summed E-state index contributed by atoms with van der Waals surface area (Å²) >= 11 is 1.19. The summed E-state index contributed by atoms with van der Waals surface area (Å²) in [7, 11) is 0. The zero-order valence-corrected chi connectivity index (χ0v) is 23.1. The lowest BCUT2D eigenvalue weighted by molar-refractivity contribution is -0.384. The van der Waals surface area contributed by atoms with Gasteiger partial charge in [-0.2, -0.15) is 5.10 Å². The van der Waals surface area contributed by atoms with Crippen LogP contribution in [0.25, 0.3) is 17.4 Å². The number of carbonyl (C=O) groups excluding carboxylic acids is 1. The van der Waals surface area contributed by atoms with Crippen molar-refractivity contribution in [3.63, 3.8) is 0 Å². The van der Waals surface area contributed by atoms with E-state index in [1.807, 2.05) is 0 Å². The third kappa shape index (κ3) is 4.14. The number of aromatic hydroxyl groups is 1. The van der Waals surface area contributed by atoms with Gasteiger partial charge in [0.1, 0.15) is 17.3 Å². The molecule has 2 atom stereocenters. The van der Waals surface area contributed by atoms with Gasteiger partial charge in [-0.1, -0.05) is 32.9 Å². The minimum Gasteiger partial charge on any atom is -0.508 e. The largest absolute Gasteiger partial charge is 0.508 e. The Morgan fingerprint density at radius 2 is 1.85 bits per heavy atom. The van der Waals surface area contributed by atoms with E-state index in [2.05, 4.69) is 25.9 Å². The summed E-state index contributed by atoms with van der Waals surface area (Å²) in [5.41, 5.74) is 2.04. The van der Waals surface area contributed by atoms with Gasteiger partial charge in [0.05, 0.1) is 21.1 Å². The molecular weight excluding hydrogens is 528 g/mol. The maximum absolute atomic E-state index is 13.6. The number of para-hydroxylation sites is 1. The van der Waals surface area contributed by atoms with E-state index in [0.717, 1.165) is 18.6 Å². The van der Waals surface area contributed by atoms with Crippen LogP contribution in [0, 0.1) is 26.9 Å². The van der Waals surface area contributed by atoms with Crippen LogP contribution in [0.2, 0.25) is 0 Å². The predicted octanol–water partition coefficient (Wildman–Crippen LogP) is 7.24. The van der Waals surface area contributed by atoms with Gasteiger partial charge in [0.25, 0.3) is 11.6 Å². The van der Waals surface area contributed by atoms with Crippen LogP contribution in [0.5, 0.6) is 5.75 Å². The number of rotatable bonds is 5. The number of hydrogen-bond acceptors (Lipinski definition) is 8. The van der Waals surface area contributed by atoms with E-state index < -0.39 is 4.92 Å². The first-order valence-corrected chi connectivity index (χ1v) is 13.9. The van der Waals surface area contributed by atoms with Crippen LogP contribution in [0.15, 0.2) is 80.2 Å². The maximum atomic E-state index is 13.6. The van der Waals surface area contributed by atoms with Crippen LogP contribution in [-0.4, -0.2) is 26.8 Å². The second kappa shape index (κ2) is 9.48. The molecule has 9 nitrogen and oxygen atoms in total. The van der Waals surface area contributed by atoms with Crippen LogP contribution in [-0.2, 0) is 4.79 Å². The predicted molar refractivity (Wildman–Crippen MR) is 156 cm³/mol. The van der Waals surface area contributed by atoms with Gasteiger partial charge in [-0.15, -0.1) is 5.10 Å². The van der Waals surface area contributed by atoms with Crippen molar-refractivity contribution in [2.24, 2.45) is 27.0 Å². The number of phenols is 1. The number of thioether (sulfide) groups is 1. The second-order valence-electron chi connectivity index (χ2n) is 11.2. The zero-order valence-electron chi connectivity index (χ0n) is 22.3. The Labute approximate surface area is 235 Å². The molecule has 6 rings (SSSR count). The second-order valence-corrected chi connectivity index (χ2v) is 12.2. The molecule has 3 fully saturated rings. The van der Waals surface area contributed by atoms with E-state index in [9.17, 15) is 20.0 Å². The highest BCUT2D eigenvalue weighted by Crippen LogP contribution is 2.64. The molecule has 3 aliphatic rings. The van der Waals surface area contributed by atoms with E-state index in [0.29, 0.717) is 38.8 Å². The molecule has 0 radical (unpaired) electrons. The molecule has 1 aliphatic heterocycles. The number of furan rings is 1. The Bertz CT molecular complexity index is 1620. The number of amidine groups is 1. The highest BCUT2D eigenvalue weighted by Gasteiger charge is 2.60. The fraction of sp³-hybridized carbons (Fsp3) is 0.300. The highest BCUT2D eigenvalue weighted by molar-refractivity contribution is 8.19. The van der Waals surface area contributed by atoms with Crippen LogP contribution in [0.1, 0.15) is 45.8 Å². The number of fused-ring (bicyclic) bond motifs is 2. The fourth-order valence-corrected chi connectivity index (χ4v) is 7.01.